The molecule has 5 aromatic rings. The SMILES string of the molecule is COc1cccc(-n2c(C)c(C)c3c2ncn2nc(-c4ccccc4C)nc32)c1. The first-order chi connectivity index (χ1) is 14.1. The summed E-state index contributed by atoms with van der Waals surface area (Å²) in [4.78, 5) is 9.62. The molecule has 3 aromatic heterocycles. The van der Waals surface area contributed by atoms with Crippen LogP contribution in [0.4, 0.5) is 0 Å². The maximum absolute atomic E-state index is 5.41. The topological polar surface area (TPSA) is 57.2 Å². The Labute approximate surface area is 168 Å². The van der Waals surface area contributed by atoms with E-state index in [9.17, 15) is 0 Å². The Balaban J connectivity index is 1.79. The fraction of sp³-hybridized carbons (Fsp3) is 0.174. The van der Waals surface area contributed by atoms with Crippen molar-refractivity contribution in [3.63, 3.8) is 0 Å². The molecule has 0 N–H and O–H groups in total. The van der Waals surface area contributed by atoms with Gasteiger partial charge in [0.25, 0.3) is 0 Å². The zero-order valence-corrected chi connectivity index (χ0v) is 16.8. The largest absolute Gasteiger partial charge is 0.497 e. The lowest BCUT2D eigenvalue weighted by molar-refractivity contribution is 0.414. The van der Waals surface area contributed by atoms with E-state index in [1.165, 1.54) is 0 Å². The molecule has 6 nitrogen and oxygen atoms in total. The van der Waals surface area contributed by atoms with Gasteiger partial charge < -0.3 is 4.74 Å². The Morgan fingerprint density at radius 2 is 1.76 bits per heavy atom. The van der Waals surface area contributed by atoms with E-state index in [1.807, 2.05) is 36.4 Å². The molecule has 0 aliphatic rings. The molecule has 0 saturated carbocycles. The predicted molar refractivity (Wildman–Crippen MR) is 114 cm³/mol. The van der Waals surface area contributed by atoms with E-state index in [0.717, 1.165) is 50.5 Å². The number of nitrogens with zero attached hydrogens (tertiary/aromatic N) is 5. The molecule has 144 valence electrons. The van der Waals surface area contributed by atoms with Gasteiger partial charge in [0.15, 0.2) is 17.1 Å². The second-order valence-corrected chi connectivity index (χ2v) is 7.21. The minimum Gasteiger partial charge on any atom is -0.497 e. The van der Waals surface area contributed by atoms with Crippen LogP contribution in [0.1, 0.15) is 16.8 Å². The number of ether oxygens (including phenoxy) is 1. The van der Waals surface area contributed by atoms with Crippen LogP contribution < -0.4 is 4.74 Å². The van der Waals surface area contributed by atoms with Crippen molar-refractivity contribution >= 4 is 16.7 Å². The van der Waals surface area contributed by atoms with Crippen LogP contribution in [0.2, 0.25) is 0 Å². The molecule has 0 saturated heterocycles. The highest BCUT2D eigenvalue weighted by Crippen LogP contribution is 2.31. The van der Waals surface area contributed by atoms with E-state index in [4.69, 9.17) is 14.7 Å². The van der Waals surface area contributed by atoms with E-state index in [1.54, 1.807) is 18.0 Å². The summed E-state index contributed by atoms with van der Waals surface area (Å²) in [7, 11) is 1.68. The van der Waals surface area contributed by atoms with Gasteiger partial charge in [0.2, 0.25) is 0 Å². The van der Waals surface area contributed by atoms with Gasteiger partial charge in [-0.15, -0.1) is 5.10 Å². The van der Waals surface area contributed by atoms with E-state index in [-0.39, 0.29) is 0 Å². The van der Waals surface area contributed by atoms with Crippen LogP contribution in [0.25, 0.3) is 33.8 Å². The molecule has 29 heavy (non-hydrogen) atoms. The highest BCUT2D eigenvalue weighted by atomic mass is 16.5. The fourth-order valence-corrected chi connectivity index (χ4v) is 3.86. The number of methoxy groups -OCH3 is 1. The minimum absolute atomic E-state index is 0.712. The van der Waals surface area contributed by atoms with Crippen LogP contribution in [0.3, 0.4) is 0 Å². The minimum atomic E-state index is 0.712. The van der Waals surface area contributed by atoms with Crippen molar-refractivity contribution in [2.75, 3.05) is 7.11 Å². The maximum atomic E-state index is 5.41. The second-order valence-electron chi connectivity index (χ2n) is 7.21. The number of hydrogen-bond donors (Lipinski definition) is 0. The van der Waals surface area contributed by atoms with Gasteiger partial charge in [0.05, 0.1) is 18.2 Å². The first-order valence-electron chi connectivity index (χ1n) is 9.52. The summed E-state index contributed by atoms with van der Waals surface area (Å²) in [6.07, 6.45) is 1.74. The van der Waals surface area contributed by atoms with Crippen molar-refractivity contribution in [1.82, 2.24) is 24.1 Å². The molecule has 0 radical (unpaired) electrons. The highest BCUT2D eigenvalue weighted by Gasteiger charge is 2.19. The maximum Gasteiger partial charge on any atom is 0.182 e. The first kappa shape index (κ1) is 17.4. The van der Waals surface area contributed by atoms with E-state index in [2.05, 4.69) is 42.6 Å². The fourth-order valence-electron chi connectivity index (χ4n) is 3.86. The van der Waals surface area contributed by atoms with Crippen molar-refractivity contribution in [3.05, 3.63) is 71.7 Å². The first-order valence-corrected chi connectivity index (χ1v) is 9.52. The van der Waals surface area contributed by atoms with Gasteiger partial charge in [-0.1, -0.05) is 30.3 Å². The Morgan fingerprint density at radius 3 is 2.55 bits per heavy atom. The van der Waals surface area contributed by atoms with Crippen LogP contribution in [0.5, 0.6) is 5.75 Å². The van der Waals surface area contributed by atoms with Gasteiger partial charge in [-0.2, -0.15) is 0 Å². The summed E-state index contributed by atoms with van der Waals surface area (Å²) in [5, 5.41) is 5.70. The van der Waals surface area contributed by atoms with Gasteiger partial charge in [-0.05, 0) is 44.0 Å². The predicted octanol–water partition coefficient (Wildman–Crippen LogP) is 4.67. The molecule has 0 spiro atoms. The Bertz CT molecular complexity index is 1380. The van der Waals surface area contributed by atoms with Crippen molar-refractivity contribution < 1.29 is 4.74 Å². The molecule has 0 amide bonds. The zero-order valence-electron chi connectivity index (χ0n) is 16.8. The van der Waals surface area contributed by atoms with E-state index in [0.29, 0.717) is 5.82 Å². The Morgan fingerprint density at radius 1 is 0.931 bits per heavy atom. The summed E-state index contributed by atoms with van der Waals surface area (Å²) in [5.41, 5.74) is 7.13. The Kier molecular flexibility index (Phi) is 3.87. The van der Waals surface area contributed by atoms with Crippen LogP contribution >= 0.6 is 0 Å². The molecule has 0 bridgehead atoms. The lowest BCUT2D eigenvalue weighted by atomic mass is 10.1. The average Bonchev–Trinajstić information content (AvgIpc) is 3.27. The standard InChI is InChI=1S/C23H21N5O/c1-14-8-5-6-11-19(14)21-25-23-20-15(2)16(3)28(22(20)24-13-27(23)26-21)17-9-7-10-18(12-17)29-4/h5-13H,1-4H3. The molecule has 0 aliphatic heterocycles. The molecule has 0 aliphatic carbocycles. The van der Waals surface area contributed by atoms with Gasteiger partial charge in [0.1, 0.15) is 12.1 Å². The van der Waals surface area contributed by atoms with Gasteiger partial charge in [0, 0.05) is 17.3 Å². The Hall–Kier alpha value is -3.67. The van der Waals surface area contributed by atoms with Crippen LogP contribution in [0, 0.1) is 20.8 Å². The smallest absolute Gasteiger partial charge is 0.182 e. The van der Waals surface area contributed by atoms with E-state index >= 15 is 0 Å². The number of aromatic nitrogens is 5. The molecule has 5 rings (SSSR count). The van der Waals surface area contributed by atoms with Gasteiger partial charge in [-0.25, -0.2) is 14.5 Å². The van der Waals surface area contributed by atoms with Crippen LogP contribution in [0.15, 0.2) is 54.9 Å². The summed E-state index contributed by atoms with van der Waals surface area (Å²) in [5.74, 6) is 1.52. The van der Waals surface area contributed by atoms with Crippen molar-refractivity contribution in [2.24, 2.45) is 0 Å². The van der Waals surface area contributed by atoms with Crippen molar-refractivity contribution in [1.29, 1.82) is 0 Å². The van der Waals surface area contributed by atoms with Crippen molar-refractivity contribution in [2.45, 2.75) is 20.8 Å². The number of hydrogen-bond acceptors (Lipinski definition) is 4. The zero-order chi connectivity index (χ0) is 20.1. The summed E-state index contributed by atoms with van der Waals surface area (Å²) >= 11 is 0. The number of rotatable bonds is 3. The third-order valence-electron chi connectivity index (χ3n) is 5.53. The van der Waals surface area contributed by atoms with Crippen LogP contribution in [-0.2, 0) is 0 Å². The lowest BCUT2D eigenvalue weighted by Gasteiger charge is -2.09. The third kappa shape index (κ3) is 2.60. The normalized spacial score (nSPS) is 11.4. The molecule has 2 aromatic carbocycles. The molecule has 3 heterocycles. The summed E-state index contributed by atoms with van der Waals surface area (Å²) in [6.45, 7) is 6.29. The number of fused-ring (bicyclic) bond motifs is 3. The molecule has 0 atom stereocenters. The summed E-state index contributed by atoms with van der Waals surface area (Å²) < 4.78 is 9.33. The van der Waals surface area contributed by atoms with Crippen molar-refractivity contribution in [3.8, 4) is 22.8 Å². The quantitative estimate of drug-likeness (QED) is 0.454. The van der Waals surface area contributed by atoms with E-state index < -0.39 is 0 Å². The highest BCUT2D eigenvalue weighted by molar-refractivity contribution is 5.95. The third-order valence-corrected chi connectivity index (χ3v) is 5.53. The molecule has 0 fully saturated rings. The molecule has 0 unspecified atom stereocenters. The number of benzene rings is 2. The van der Waals surface area contributed by atoms with Crippen LogP contribution in [-0.4, -0.2) is 31.3 Å². The monoisotopic (exact) mass is 383 g/mol. The molecular weight excluding hydrogens is 362 g/mol. The second kappa shape index (κ2) is 6.44. The average molecular weight is 383 g/mol. The summed E-state index contributed by atoms with van der Waals surface area (Å²) in [6, 6.07) is 16.2. The molecule has 6 heteroatoms. The van der Waals surface area contributed by atoms with Gasteiger partial charge in [-0.3, -0.25) is 4.57 Å². The van der Waals surface area contributed by atoms with Gasteiger partial charge >= 0.3 is 0 Å². The number of aryl methyl sites for hydroxylation is 2. The molecular formula is C23H21N5O. The lowest BCUT2D eigenvalue weighted by Crippen LogP contribution is -1.99.